The van der Waals surface area contributed by atoms with Crippen LogP contribution in [0.15, 0.2) is 66.7 Å². The SMILES string of the molecule is O=Cc1cc(-c2cc(Cl)ccc2F)ccc1OCc1ccccc1. The molecule has 0 aliphatic rings. The lowest BCUT2D eigenvalue weighted by atomic mass is 10.0. The number of ether oxygens (including phenoxy) is 1. The van der Waals surface area contributed by atoms with Crippen molar-refractivity contribution in [1.29, 1.82) is 0 Å². The van der Waals surface area contributed by atoms with Crippen molar-refractivity contribution >= 4 is 17.9 Å². The first-order valence-electron chi connectivity index (χ1n) is 7.39. The van der Waals surface area contributed by atoms with Crippen molar-refractivity contribution in [2.75, 3.05) is 0 Å². The van der Waals surface area contributed by atoms with Crippen molar-refractivity contribution in [2.45, 2.75) is 6.61 Å². The van der Waals surface area contributed by atoms with Gasteiger partial charge in [-0.05, 0) is 41.5 Å². The number of halogens is 2. The summed E-state index contributed by atoms with van der Waals surface area (Å²) in [6, 6.07) is 18.9. The maximum absolute atomic E-state index is 14.0. The predicted molar refractivity (Wildman–Crippen MR) is 93.0 cm³/mol. The highest BCUT2D eigenvalue weighted by Crippen LogP contribution is 2.30. The molecule has 0 amide bonds. The highest BCUT2D eigenvalue weighted by Gasteiger charge is 2.10. The second-order valence-electron chi connectivity index (χ2n) is 5.27. The van der Waals surface area contributed by atoms with Crippen molar-refractivity contribution in [3.05, 3.63) is 88.7 Å². The number of carbonyl (C=O) groups is 1. The average Bonchev–Trinajstić information content (AvgIpc) is 2.62. The molecule has 0 N–H and O–H groups in total. The number of benzene rings is 3. The van der Waals surface area contributed by atoms with E-state index in [2.05, 4.69) is 0 Å². The zero-order chi connectivity index (χ0) is 16.9. The maximum atomic E-state index is 14.0. The van der Waals surface area contributed by atoms with Crippen LogP contribution in [-0.4, -0.2) is 6.29 Å². The van der Waals surface area contributed by atoms with Crippen LogP contribution in [0.5, 0.6) is 5.75 Å². The Hall–Kier alpha value is -2.65. The van der Waals surface area contributed by atoms with Gasteiger partial charge in [0.15, 0.2) is 6.29 Å². The Labute approximate surface area is 144 Å². The minimum absolute atomic E-state index is 0.347. The van der Waals surface area contributed by atoms with Gasteiger partial charge in [0, 0.05) is 10.6 Å². The molecule has 0 saturated carbocycles. The normalized spacial score (nSPS) is 10.4. The molecule has 3 aromatic rings. The van der Waals surface area contributed by atoms with Crippen LogP contribution < -0.4 is 4.74 Å². The van der Waals surface area contributed by atoms with Gasteiger partial charge < -0.3 is 4.74 Å². The summed E-state index contributed by atoms with van der Waals surface area (Å²) in [7, 11) is 0. The third-order valence-corrected chi connectivity index (χ3v) is 3.85. The van der Waals surface area contributed by atoms with Gasteiger partial charge in [0.05, 0.1) is 5.56 Å². The molecule has 3 aromatic carbocycles. The van der Waals surface area contributed by atoms with E-state index in [0.717, 1.165) is 5.56 Å². The smallest absolute Gasteiger partial charge is 0.153 e. The van der Waals surface area contributed by atoms with Gasteiger partial charge in [0.25, 0.3) is 0 Å². The van der Waals surface area contributed by atoms with E-state index in [9.17, 15) is 9.18 Å². The molecule has 0 unspecified atom stereocenters. The lowest BCUT2D eigenvalue weighted by Gasteiger charge is -2.11. The first kappa shape index (κ1) is 16.2. The average molecular weight is 341 g/mol. The van der Waals surface area contributed by atoms with E-state index in [-0.39, 0.29) is 0 Å². The van der Waals surface area contributed by atoms with Gasteiger partial charge in [-0.1, -0.05) is 48.0 Å². The van der Waals surface area contributed by atoms with E-state index in [1.807, 2.05) is 30.3 Å². The van der Waals surface area contributed by atoms with E-state index in [1.165, 1.54) is 18.2 Å². The Bertz CT molecular complexity index is 863. The fourth-order valence-electron chi connectivity index (χ4n) is 2.39. The van der Waals surface area contributed by atoms with Gasteiger partial charge in [0.1, 0.15) is 18.2 Å². The Morgan fingerprint density at radius 2 is 1.79 bits per heavy atom. The van der Waals surface area contributed by atoms with Crippen LogP contribution in [0, 0.1) is 5.82 Å². The van der Waals surface area contributed by atoms with E-state index in [1.54, 1.807) is 18.2 Å². The molecule has 120 valence electrons. The number of carbonyl (C=O) groups excluding carboxylic acids is 1. The molecule has 0 fully saturated rings. The summed E-state index contributed by atoms with van der Waals surface area (Å²) < 4.78 is 19.7. The van der Waals surface area contributed by atoms with Gasteiger partial charge in [-0.25, -0.2) is 4.39 Å². The molecule has 0 spiro atoms. The molecule has 2 nitrogen and oxygen atoms in total. The lowest BCUT2D eigenvalue weighted by molar-refractivity contribution is 0.111. The van der Waals surface area contributed by atoms with Crippen LogP contribution in [-0.2, 0) is 6.61 Å². The van der Waals surface area contributed by atoms with Crippen LogP contribution in [0.4, 0.5) is 4.39 Å². The molecule has 0 aliphatic heterocycles. The predicted octanol–water partition coefficient (Wildman–Crippen LogP) is 5.54. The van der Waals surface area contributed by atoms with Gasteiger partial charge in [-0.2, -0.15) is 0 Å². The minimum atomic E-state index is -0.394. The van der Waals surface area contributed by atoms with Gasteiger partial charge >= 0.3 is 0 Å². The van der Waals surface area contributed by atoms with Crippen LogP contribution in [0.3, 0.4) is 0 Å². The van der Waals surface area contributed by atoms with Crippen LogP contribution in [0.25, 0.3) is 11.1 Å². The van der Waals surface area contributed by atoms with Crippen LogP contribution >= 0.6 is 11.6 Å². The molecule has 0 aromatic heterocycles. The van der Waals surface area contributed by atoms with Crippen molar-refractivity contribution < 1.29 is 13.9 Å². The van der Waals surface area contributed by atoms with E-state index >= 15 is 0 Å². The van der Waals surface area contributed by atoms with Gasteiger partial charge in [0.2, 0.25) is 0 Å². The molecule has 0 bridgehead atoms. The molecule has 0 heterocycles. The maximum Gasteiger partial charge on any atom is 0.153 e. The summed E-state index contributed by atoms with van der Waals surface area (Å²) in [5, 5.41) is 0.434. The highest BCUT2D eigenvalue weighted by molar-refractivity contribution is 6.30. The lowest BCUT2D eigenvalue weighted by Crippen LogP contribution is -1.98. The van der Waals surface area contributed by atoms with Crippen molar-refractivity contribution in [3.8, 4) is 16.9 Å². The zero-order valence-corrected chi connectivity index (χ0v) is 13.5. The second kappa shape index (κ2) is 7.28. The summed E-state index contributed by atoms with van der Waals surface area (Å²) in [5.41, 5.74) is 2.28. The third-order valence-electron chi connectivity index (χ3n) is 3.61. The van der Waals surface area contributed by atoms with E-state index < -0.39 is 5.82 Å². The summed E-state index contributed by atoms with van der Waals surface area (Å²) >= 11 is 5.93. The Morgan fingerprint density at radius 3 is 2.54 bits per heavy atom. The second-order valence-corrected chi connectivity index (χ2v) is 5.71. The molecule has 3 rings (SSSR count). The fraction of sp³-hybridized carbons (Fsp3) is 0.0500. The van der Waals surface area contributed by atoms with Crippen LogP contribution in [0.2, 0.25) is 5.02 Å². The van der Waals surface area contributed by atoms with E-state index in [0.29, 0.717) is 40.4 Å². The summed E-state index contributed by atoms with van der Waals surface area (Å²) in [5.74, 6) is 0.0641. The minimum Gasteiger partial charge on any atom is -0.488 e. The molecule has 24 heavy (non-hydrogen) atoms. The van der Waals surface area contributed by atoms with Gasteiger partial charge in [-0.3, -0.25) is 4.79 Å². The molecular weight excluding hydrogens is 327 g/mol. The topological polar surface area (TPSA) is 26.3 Å². The third kappa shape index (κ3) is 3.63. The summed E-state index contributed by atoms with van der Waals surface area (Å²) in [6.45, 7) is 0.354. The van der Waals surface area contributed by atoms with Crippen molar-refractivity contribution in [3.63, 3.8) is 0 Å². The Morgan fingerprint density at radius 1 is 1.00 bits per heavy atom. The van der Waals surface area contributed by atoms with Crippen LogP contribution in [0.1, 0.15) is 15.9 Å². The van der Waals surface area contributed by atoms with Gasteiger partial charge in [-0.15, -0.1) is 0 Å². The largest absolute Gasteiger partial charge is 0.488 e. The summed E-state index contributed by atoms with van der Waals surface area (Å²) in [6.07, 6.45) is 0.701. The fourth-order valence-corrected chi connectivity index (χ4v) is 2.57. The van der Waals surface area contributed by atoms with E-state index in [4.69, 9.17) is 16.3 Å². The Balaban J connectivity index is 1.88. The molecule has 0 aliphatic carbocycles. The first-order valence-corrected chi connectivity index (χ1v) is 7.76. The molecule has 0 radical (unpaired) electrons. The number of hydrogen-bond donors (Lipinski definition) is 0. The first-order chi connectivity index (χ1) is 11.7. The monoisotopic (exact) mass is 340 g/mol. The number of rotatable bonds is 5. The molecule has 0 saturated heterocycles. The zero-order valence-electron chi connectivity index (χ0n) is 12.7. The highest BCUT2D eigenvalue weighted by atomic mass is 35.5. The summed E-state index contributed by atoms with van der Waals surface area (Å²) in [4.78, 5) is 11.4. The number of aldehydes is 1. The quantitative estimate of drug-likeness (QED) is 0.570. The molecular formula is C20H14ClFO2. The van der Waals surface area contributed by atoms with Crippen molar-refractivity contribution in [2.24, 2.45) is 0 Å². The molecule has 0 atom stereocenters. The number of hydrogen-bond acceptors (Lipinski definition) is 2. The van der Waals surface area contributed by atoms with Crippen molar-refractivity contribution in [1.82, 2.24) is 0 Å². The molecule has 4 heteroatoms. The standard InChI is InChI=1S/C20H14ClFO2/c21-17-7-8-19(22)18(11-17)15-6-9-20(16(10-15)12-23)24-13-14-4-2-1-3-5-14/h1-12H,13H2. The Kier molecular flexibility index (Phi) is 4.92.